The number of benzene rings is 1. The van der Waals surface area contributed by atoms with E-state index in [1.165, 1.54) is 18.5 Å². The molecule has 2 N–H and O–H groups in total. The Morgan fingerprint density at radius 1 is 1.11 bits per heavy atom. The molecule has 0 atom stereocenters. The first-order chi connectivity index (χ1) is 12.9. The second-order valence-corrected chi connectivity index (χ2v) is 6.11. The zero-order chi connectivity index (χ0) is 19.4. The summed E-state index contributed by atoms with van der Waals surface area (Å²) in [5, 5.41) is 0.465. The van der Waals surface area contributed by atoms with Crippen molar-refractivity contribution in [1.82, 2.24) is 9.97 Å². The fraction of sp³-hybridized carbons (Fsp3) is 0.105. The number of primary amides is 1. The van der Waals surface area contributed by atoms with Gasteiger partial charge in [-0.05, 0) is 41.0 Å². The van der Waals surface area contributed by atoms with Crippen LogP contribution >= 0.6 is 11.6 Å². The molecule has 0 fully saturated rings. The molecule has 2 heterocycles. The summed E-state index contributed by atoms with van der Waals surface area (Å²) in [6, 6.07) is 11.7. The van der Waals surface area contributed by atoms with Crippen LogP contribution in [0.1, 0.15) is 21.6 Å². The molecule has 8 heteroatoms. The van der Waals surface area contributed by atoms with E-state index in [-0.39, 0.29) is 11.6 Å². The number of nitrogens with two attached hydrogens (primary N) is 1. The van der Waals surface area contributed by atoms with Gasteiger partial charge in [-0.3, -0.25) is 9.78 Å². The van der Waals surface area contributed by atoms with Crippen LogP contribution in [0, 0.1) is 0 Å². The largest absolute Gasteiger partial charge is 0.416 e. The molecule has 0 aliphatic rings. The van der Waals surface area contributed by atoms with Gasteiger partial charge in [-0.25, -0.2) is 4.98 Å². The summed E-state index contributed by atoms with van der Waals surface area (Å²) in [5.41, 5.74) is 7.90. The van der Waals surface area contributed by atoms with E-state index >= 15 is 0 Å². The van der Waals surface area contributed by atoms with Gasteiger partial charge in [0, 0.05) is 29.4 Å². The predicted molar refractivity (Wildman–Crippen MR) is 96.9 cm³/mol. The number of rotatable bonds is 6. The van der Waals surface area contributed by atoms with Gasteiger partial charge in [0.05, 0.1) is 0 Å². The van der Waals surface area contributed by atoms with E-state index in [2.05, 4.69) is 14.7 Å². The second-order valence-electron chi connectivity index (χ2n) is 5.68. The van der Waals surface area contributed by atoms with E-state index in [4.69, 9.17) is 17.3 Å². The van der Waals surface area contributed by atoms with Crippen LogP contribution in [0.5, 0.6) is 5.88 Å². The Hall–Kier alpha value is -3.06. The molecule has 0 unspecified atom stereocenters. The van der Waals surface area contributed by atoms with Gasteiger partial charge in [-0.2, -0.15) is 8.78 Å². The standard InChI is InChI=1S/C19H14ClF2N3O2/c20-14-3-1-2-13(8-14)15-7-12(10-25-18(15)27-19(21)22)6-11-4-5-16(17(23)26)24-9-11/h1-5,7-10,19H,6H2,(H2,23,26). The summed E-state index contributed by atoms with van der Waals surface area (Å²) < 4.78 is 30.0. The third-order valence-corrected chi connectivity index (χ3v) is 3.96. The van der Waals surface area contributed by atoms with Crippen molar-refractivity contribution in [1.29, 1.82) is 0 Å². The number of pyridine rings is 2. The molecule has 0 aliphatic heterocycles. The molecular formula is C19H14ClF2N3O2. The molecule has 5 nitrogen and oxygen atoms in total. The fourth-order valence-electron chi connectivity index (χ4n) is 2.54. The first-order valence-corrected chi connectivity index (χ1v) is 8.24. The number of aromatic nitrogens is 2. The molecule has 0 bridgehead atoms. The normalized spacial score (nSPS) is 10.8. The van der Waals surface area contributed by atoms with E-state index in [9.17, 15) is 13.6 Å². The van der Waals surface area contributed by atoms with Crippen LogP contribution in [0.15, 0.2) is 54.9 Å². The summed E-state index contributed by atoms with van der Waals surface area (Å²) in [6.07, 6.45) is 3.41. The van der Waals surface area contributed by atoms with Crippen molar-refractivity contribution in [3.05, 3.63) is 76.7 Å². The van der Waals surface area contributed by atoms with E-state index in [1.54, 1.807) is 36.4 Å². The maximum Gasteiger partial charge on any atom is 0.388 e. The summed E-state index contributed by atoms with van der Waals surface area (Å²) in [6.45, 7) is -2.99. The number of hydrogen-bond acceptors (Lipinski definition) is 4. The lowest BCUT2D eigenvalue weighted by Gasteiger charge is -2.12. The molecule has 1 aromatic carbocycles. The van der Waals surface area contributed by atoms with Crippen molar-refractivity contribution in [2.75, 3.05) is 0 Å². The quantitative estimate of drug-likeness (QED) is 0.688. The van der Waals surface area contributed by atoms with Crippen LogP contribution in [0.4, 0.5) is 8.78 Å². The number of ether oxygens (including phenoxy) is 1. The Labute approximate surface area is 158 Å². The monoisotopic (exact) mass is 389 g/mol. The van der Waals surface area contributed by atoms with Gasteiger partial charge in [0.15, 0.2) is 0 Å². The molecular weight excluding hydrogens is 376 g/mol. The Morgan fingerprint density at radius 2 is 1.89 bits per heavy atom. The van der Waals surface area contributed by atoms with E-state index in [1.807, 2.05) is 0 Å². The number of carbonyl (C=O) groups excluding carboxylic acids is 1. The van der Waals surface area contributed by atoms with Crippen molar-refractivity contribution in [3.63, 3.8) is 0 Å². The molecule has 3 rings (SSSR count). The molecule has 2 aromatic heterocycles. The number of alkyl halides is 2. The number of halogens is 3. The first-order valence-electron chi connectivity index (χ1n) is 7.87. The molecule has 0 saturated carbocycles. The Kier molecular flexibility index (Phi) is 5.61. The SMILES string of the molecule is NC(=O)c1ccc(Cc2cnc(OC(F)F)c(-c3cccc(Cl)c3)c2)cn1. The van der Waals surface area contributed by atoms with Crippen LogP contribution < -0.4 is 10.5 Å². The number of hydrogen-bond donors (Lipinski definition) is 1. The first kappa shape index (κ1) is 18.7. The van der Waals surface area contributed by atoms with Gasteiger partial charge >= 0.3 is 6.61 Å². The van der Waals surface area contributed by atoms with Gasteiger partial charge in [-0.15, -0.1) is 0 Å². The fourth-order valence-corrected chi connectivity index (χ4v) is 2.73. The molecule has 138 valence electrons. The smallest absolute Gasteiger partial charge is 0.388 e. The topological polar surface area (TPSA) is 78.1 Å². The Balaban J connectivity index is 1.95. The number of amides is 1. The lowest BCUT2D eigenvalue weighted by atomic mass is 10.0. The summed E-state index contributed by atoms with van der Waals surface area (Å²) in [5.74, 6) is -0.793. The molecule has 0 radical (unpaired) electrons. The summed E-state index contributed by atoms with van der Waals surface area (Å²) in [4.78, 5) is 19.1. The molecule has 0 saturated heterocycles. The van der Waals surface area contributed by atoms with Crippen molar-refractivity contribution in [2.24, 2.45) is 5.73 Å². The highest BCUT2D eigenvalue weighted by Crippen LogP contribution is 2.32. The van der Waals surface area contributed by atoms with Gasteiger partial charge in [-0.1, -0.05) is 29.8 Å². The maximum absolute atomic E-state index is 12.7. The maximum atomic E-state index is 12.7. The number of carbonyl (C=O) groups is 1. The van der Waals surface area contributed by atoms with Crippen LogP contribution in [-0.4, -0.2) is 22.5 Å². The minimum absolute atomic E-state index is 0.164. The lowest BCUT2D eigenvalue weighted by molar-refractivity contribution is -0.0524. The Bertz CT molecular complexity index is 965. The third-order valence-electron chi connectivity index (χ3n) is 3.73. The summed E-state index contributed by atoms with van der Waals surface area (Å²) >= 11 is 6.01. The van der Waals surface area contributed by atoms with Gasteiger partial charge in [0.2, 0.25) is 5.88 Å². The predicted octanol–water partition coefficient (Wildman–Crippen LogP) is 4.09. The minimum atomic E-state index is -2.99. The van der Waals surface area contributed by atoms with Gasteiger partial charge < -0.3 is 10.5 Å². The minimum Gasteiger partial charge on any atom is -0.416 e. The van der Waals surface area contributed by atoms with Crippen molar-refractivity contribution >= 4 is 17.5 Å². The van der Waals surface area contributed by atoms with E-state index in [0.717, 1.165) is 11.1 Å². The van der Waals surface area contributed by atoms with E-state index in [0.29, 0.717) is 22.6 Å². The van der Waals surface area contributed by atoms with Crippen molar-refractivity contribution in [2.45, 2.75) is 13.0 Å². The molecule has 0 aliphatic carbocycles. The number of nitrogens with zero attached hydrogens (tertiary/aromatic N) is 2. The molecule has 0 spiro atoms. The average Bonchev–Trinajstić information content (AvgIpc) is 2.63. The molecule has 1 amide bonds. The highest BCUT2D eigenvalue weighted by atomic mass is 35.5. The zero-order valence-corrected chi connectivity index (χ0v) is 14.7. The zero-order valence-electron chi connectivity index (χ0n) is 13.9. The highest BCUT2D eigenvalue weighted by molar-refractivity contribution is 6.30. The van der Waals surface area contributed by atoms with Crippen LogP contribution in [0.2, 0.25) is 5.02 Å². The van der Waals surface area contributed by atoms with Gasteiger partial charge in [0.1, 0.15) is 5.69 Å². The van der Waals surface area contributed by atoms with Crippen LogP contribution in [0.3, 0.4) is 0 Å². The highest BCUT2D eigenvalue weighted by Gasteiger charge is 2.15. The van der Waals surface area contributed by atoms with E-state index < -0.39 is 12.5 Å². The lowest BCUT2D eigenvalue weighted by Crippen LogP contribution is -2.12. The molecule has 27 heavy (non-hydrogen) atoms. The summed E-state index contributed by atoms with van der Waals surface area (Å²) in [7, 11) is 0. The third kappa shape index (κ3) is 4.77. The molecule has 3 aromatic rings. The van der Waals surface area contributed by atoms with Crippen molar-refractivity contribution < 1.29 is 18.3 Å². The second kappa shape index (κ2) is 8.09. The Morgan fingerprint density at radius 3 is 2.52 bits per heavy atom. The van der Waals surface area contributed by atoms with Crippen molar-refractivity contribution in [3.8, 4) is 17.0 Å². The average molecular weight is 390 g/mol. The van der Waals surface area contributed by atoms with Crippen LogP contribution in [-0.2, 0) is 6.42 Å². The van der Waals surface area contributed by atoms with Gasteiger partial charge in [0.25, 0.3) is 5.91 Å². The van der Waals surface area contributed by atoms with Crippen LogP contribution in [0.25, 0.3) is 11.1 Å².